The Labute approximate surface area is 109 Å². The number of nitrogens with zero attached hydrogens (tertiary/aromatic N) is 1. The van der Waals surface area contributed by atoms with Crippen LogP contribution in [0, 0.1) is 5.53 Å². The van der Waals surface area contributed by atoms with Gasteiger partial charge in [-0.1, -0.05) is 5.22 Å². The smallest absolute Gasteiger partial charge is 0.135 e. The summed E-state index contributed by atoms with van der Waals surface area (Å²) in [5, 5.41) is 3.08. The molecule has 0 saturated carbocycles. The van der Waals surface area contributed by atoms with Crippen LogP contribution in [0.2, 0.25) is 0 Å². The molecule has 0 spiro atoms. The lowest BCUT2D eigenvalue weighted by molar-refractivity contribution is 0.0244. The molecule has 0 radical (unpaired) electrons. The Hall–Kier alpha value is -1.31. The van der Waals surface area contributed by atoms with Gasteiger partial charge in [0, 0.05) is 24.9 Å². The first-order valence-electron chi connectivity index (χ1n) is 5.66. The Balaban J connectivity index is 2.08. The van der Waals surface area contributed by atoms with Gasteiger partial charge in [0.1, 0.15) is 11.9 Å². The number of rotatable bonds is 5. The van der Waals surface area contributed by atoms with Crippen LogP contribution in [0.1, 0.15) is 12.8 Å². The maximum atomic E-state index is 9.25. The van der Waals surface area contributed by atoms with Crippen LogP contribution in [-0.4, -0.2) is 23.9 Å². The Kier molecular flexibility index (Phi) is 4.80. The number of benzene rings is 1. The van der Waals surface area contributed by atoms with Crippen molar-refractivity contribution in [3.63, 3.8) is 0 Å². The quantitative estimate of drug-likeness (QED) is 0.434. The minimum absolute atomic E-state index is 0.129. The van der Waals surface area contributed by atoms with E-state index in [4.69, 9.17) is 15.0 Å². The fraction of sp³-hybridized carbons (Fsp3) is 0.455. The molecule has 1 saturated heterocycles. The first-order valence-corrected chi connectivity index (χ1v) is 6.43. The molecule has 18 heavy (non-hydrogen) atoms. The number of hydrogen-bond acceptors (Lipinski definition) is 6. The molecule has 98 valence electrons. The van der Waals surface area contributed by atoms with Crippen LogP contribution in [0.15, 0.2) is 28.3 Å². The largest absolute Gasteiger partial charge is 0.489 e. The van der Waals surface area contributed by atoms with E-state index in [1.54, 1.807) is 18.2 Å². The average Bonchev–Trinajstić information content (AvgIpc) is 2.42. The predicted octanol–water partition coefficient (Wildman–Crippen LogP) is 3.17. The summed E-state index contributed by atoms with van der Waals surface area (Å²) in [6.45, 7) is 1.42. The summed E-state index contributed by atoms with van der Waals surface area (Å²) in [6.07, 6.45) is 1.85. The van der Waals surface area contributed by atoms with E-state index in [2.05, 4.69) is 10.6 Å². The van der Waals surface area contributed by atoms with Gasteiger partial charge in [-0.05, 0) is 18.2 Å². The van der Waals surface area contributed by atoms with Crippen molar-refractivity contribution in [1.29, 1.82) is 5.53 Å². The Morgan fingerprint density at radius 2 is 2.22 bits per heavy atom. The zero-order valence-corrected chi connectivity index (χ0v) is 10.6. The van der Waals surface area contributed by atoms with Crippen molar-refractivity contribution in [3.05, 3.63) is 18.2 Å². The van der Waals surface area contributed by atoms with Gasteiger partial charge >= 0.3 is 0 Å². The van der Waals surface area contributed by atoms with Crippen LogP contribution in [0.3, 0.4) is 0 Å². The molecule has 6 nitrogen and oxygen atoms in total. The molecule has 0 unspecified atom stereocenters. The van der Waals surface area contributed by atoms with Crippen LogP contribution in [0.4, 0.5) is 5.69 Å². The van der Waals surface area contributed by atoms with E-state index in [0.717, 1.165) is 12.8 Å². The van der Waals surface area contributed by atoms with Gasteiger partial charge in [-0.3, -0.25) is 5.43 Å². The van der Waals surface area contributed by atoms with Crippen molar-refractivity contribution in [3.8, 4) is 5.75 Å². The molecule has 0 amide bonds. The molecular formula is C11H15N3O3S. The third-order valence-electron chi connectivity index (χ3n) is 2.69. The molecule has 2 rings (SSSR count). The third-order valence-corrected chi connectivity index (χ3v) is 3.20. The average molecular weight is 269 g/mol. The second kappa shape index (κ2) is 6.58. The monoisotopic (exact) mass is 269 g/mol. The maximum absolute atomic E-state index is 9.25. The van der Waals surface area contributed by atoms with Crippen molar-refractivity contribution >= 4 is 17.7 Å². The fourth-order valence-electron chi connectivity index (χ4n) is 1.78. The van der Waals surface area contributed by atoms with Crippen molar-refractivity contribution < 1.29 is 14.0 Å². The van der Waals surface area contributed by atoms with E-state index in [-0.39, 0.29) is 6.10 Å². The molecule has 3 N–H and O–H groups in total. The van der Waals surface area contributed by atoms with E-state index < -0.39 is 0 Å². The summed E-state index contributed by atoms with van der Waals surface area (Å²) >= 11 is 0.625. The molecule has 0 bridgehead atoms. The topological polar surface area (TPSA) is 86.9 Å². The summed E-state index contributed by atoms with van der Waals surface area (Å²) in [5.74, 6) is 0.643. The van der Waals surface area contributed by atoms with Crippen molar-refractivity contribution in [2.24, 2.45) is 5.22 Å². The van der Waals surface area contributed by atoms with E-state index in [1.165, 1.54) is 0 Å². The molecule has 1 aromatic rings. The zero-order chi connectivity index (χ0) is 12.8. The summed E-state index contributed by atoms with van der Waals surface area (Å²) in [6, 6.07) is 5.21. The van der Waals surface area contributed by atoms with Crippen molar-refractivity contribution in [2.75, 3.05) is 18.6 Å². The first-order chi connectivity index (χ1) is 8.83. The summed E-state index contributed by atoms with van der Waals surface area (Å²) in [4.78, 5) is 0.607. The van der Waals surface area contributed by atoms with E-state index >= 15 is 0 Å². The molecule has 0 aliphatic carbocycles. The van der Waals surface area contributed by atoms with Gasteiger partial charge in [0.25, 0.3) is 0 Å². The second-order valence-electron chi connectivity index (χ2n) is 3.91. The van der Waals surface area contributed by atoms with Gasteiger partial charge in [0.2, 0.25) is 0 Å². The molecule has 7 heteroatoms. The van der Waals surface area contributed by atoms with Gasteiger partial charge in [0.05, 0.1) is 23.8 Å². The second-order valence-corrected chi connectivity index (χ2v) is 4.53. The standard InChI is InChI=1S/C11H15N3O3S/c12-14-13-8-1-2-10(11(7-8)18-15)17-9-3-5-16-6-4-9/h1-2,7,9,15H,3-6H2,(H2,12,13). The number of hydrogen-bond donors (Lipinski definition) is 3. The Bertz CT molecular complexity index is 411. The lowest BCUT2D eigenvalue weighted by atomic mass is 10.1. The molecule has 0 aromatic heterocycles. The minimum Gasteiger partial charge on any atom is -0.489 e. The highest BCUT2D eigenvalue weighted by molar-refractivity contribution is 7.93. The van der Waals surface area contributed by atoms with Crippen LogP contribution < -0.4 is 10.2 Å². The van der Waals surface area contributed by atoms with Crippen LogP contribution in [-0.2, 0) is 4.74 Å². The molecule has 1 aromatic carbocycles. The molecule has 1 fully saturated rings. The number of nitrogens with one attached hydrogen (secondary N) is 2. The van der Waals surface area contributed by atoms with Gasteiger partial charge in [-0.15, -0.1) is 0 Å². The minimum atomic E-state index is 0.129. The highest BCUT2D eigenvalue weighted by atomic mass is 32.2. The molecule has 1 aliphatic heterocycles. The molecular weight excluding hydrogens is 254 g/mol. The van der Waals surface area contributed by atoms with Gasteiger partial charge in [-0.2, -0.15) is 5.53 Å². The molecule has 1 aliphatic rings. The normalized spacial score (nSPS) is 16.3. The van der Waals surface area contributed by atoms with Crippen LogP contribution >= 0.6 is 12.0 Å². The predicted molar refractivity (Wildman–Crippen MR) is 68.2 cm³/mol. The Morgan fingerprint density at radius 1 is 1.44 bits per heavy atom. The third kappa shape index (κ3) is 3.34. The lowest BCUT2D eigenvalue weighted by Gasteiger charge is -2.24. The number of anilines is 1. The van der Waals surface area contributed by atoms with Crippen molar-refractivity contribution in [1.82, 2.24) is 0 Å². The fourth-order valence-corrected chi connectivity index (χ4v) is 2.17. The Morgan fingerprint density at radius 3 is 2.89 bits per heavy atom. The van der Waals surface area contributed by atoms with E-state index in [1.807, 2.05) is 0 Å². The van der Waals surface area contributed by atoms with Gasteiger partial charge in [0.15, 0.2) is 0 Å². The summed E-state index contributed by atoms with van der Waals surface area (Å²) in [5.41, 5.74) is 9.87. The van der Waals surface area contributed by atoms with Gasteiger partial charge < -0.3 is 14.0 Å². The number of ether oxygens (including phenoxy) is 2. The molecule has 0 atom stereocenters. The van der Waals surface area contributed by atoms with Crippen molar-refractivity contribution in [2.45, 2.75) is 23.8 Å². The zero-order valence-electron chi connectivity index (χ0n) is 9.76. The SMILES string of the molecule is N=NNc1ccc(OC2CCOCC2)c(SO)c1. The van der Waals surface area contributed by atoms with Crippen LogP contribution in [0.25, 0.3) is 0 Å². The lowest BCUT2D eigenvalue weighted by Crippen LogP contribution is -2.26. The van der Waals surface area contributed by atoms with E-state index in [0.29, 0.717) is 41.6 Å². The molecule has 1 heterocycles. The summed E-state index contributed by atoms with van der Waals surface area (Å²) in [7, 11) is 0. The maximum Gasteiger partial charge on any atom is 0.135 e. The summed E-state index contributed by atoms with van der Waals surface area (Å²) < 4.78 is 20.4. The highest BCUT2D eigenvalue weighted by Gasteiger charge is 2.17. The van der Waals surface area contributed by atoms with E-state index in [9.17, 15) is 4.55 Å². The highest BCUT2D eigenvalue weighted by Crippen LogP contribution is 2.32. The van der Waals surface area contributed by atoms with Gasteiger partial charge in [-0.25, -0.2) is 0 Å². The van der Waals surface area contributed by atoms with Crippen LogP contribution in [0.5, 0.6) is 5.75 Å². The first kappa shape index (κ1) is 13.1.